The Morgan fingerprint density at radius 2 is 1.90 bits per heavy atom. The monoisotopic (exact) mass is 304 g/mol. The summed E-state index contributed by atoms with van der Waals surface area (Å²) < 4.78 is 0. The number of nitrogens with zero attached hydrogens (tertiary/aromatic N) is 1. The summed E-state index contributed by atoms with van der Waals surface area (Å²) >= 11 is 8.26. The van der Waals surface area contributed by atoms with E-state index < -0.39 is 0 Å². The molecular formula is C16H17ClN2S. The number of thioether (sulfide) groups is 1. The van der Waals surface area contributed by atoms with Gasteiger partial charge < -0.3 is 5.32 Å². The number of rotatable bonds is 3. The summed E-state index contributed by atoms with van der Waals surface area (Å²) in [6.07, 6.45) is 5.84. The van der Waals surface area contributed by atoms with Gasteiger partial charge in [0.2, 0.25) is 0 Å². The number of pyridine rings is 1. The van der Waals surface area contributed by atoms with Gasteiger partial charge in [-0.25, -0.2) is 0 Å². The quantitative estimate of drug-likeness (QED) is 0.875. The normalized spacial score (nSPS) is 14.7. The van der Waals surface area contributed by atoms with Crippen molar-refractivity contribution in [1.29, 1.82) is 0 Å². The average molecular weight is 305 g/mol. The first kappa shape index (κ1) is 13.9. The van der Waals surface area contributed by atoms with E-state index in [1.165, 1.54) is 21.6 Å². The number of benzene rings is 1. The van der Waals surface area contributed by atoms with Gasteiger partial charge in [0.1, 0.15) is 0 Å². The minimum atomic E-state index is 0.879. The Labute approximate surface area is 129 Å². The van der Waals surface area contributed by atoms with Crippen LogP contribution in [0.15, 0.2) is 41.6 Å². The van der Waals surface area contributed by atoms with Crippen LogP contribution in [0, 0.1) is 0 Å². The minimum Gasteiger partial charge on any atom is -0.316 e. The molecule has 2 aromatic rings. The van der Waals surface area contributed by atoms with Crippen molar-refractivity contribution in [2.45, 2.75) is 23.5 Å². The summed E-state index contributed by atoms with van der Waals surface area (Å²) in [7, 11) is 0. The van der Waals surface area contributed by atoms with Crippen LogP contribution < -0.4 is 5.32 Å². The van der Waals surface area contributed by atoms with Crippen molar-refractivity contribution in [2.24, 2.45) is 0 Å². The molecule has 0 radical (unpaired) electrons. The van der Waals surface area contributed by atoms with Gasteiger partial charge >= 0.3 is 0 Å². The van der Waals surface area contributed by atoms with Crippen molar-refractivity contribution in [2.75, 3.05) is 13.1 Å². The second kappa shape index (κ2) is 6.61. The molecule has 1 aliphatic heterocycles. The Bertz CT molecular complexity index is 587. The van der Waals surface area contributed by atoms with E-state index in [1.54, 1.807) is 0 Å². The van der Waals surface area contributed by atoms with E-state index in [0.29, 0.717) is 0 Å². The van der Waals surface area contributed by atoms with Crippen LogP contribution in [0.2, 0.25) is 5.02 Å². The van der Waals surface area contributed by atoms with Crippen LogP contribution in [0.1, 0.15) is 16.7 Å². The summed E-state index contributed by atoms with van der Waals surface area (Å²) in [6.45, 7) is 2.10. The second-order valence-electron chi connectivity index (χ2n) is 4.91. The largest absolute Gasteiger partial charge is 0.316 e. The SMILES string of the molecule is Clc1ccc2c(c1SCc1ccncc1)CCNCC2. The molecule has 104 valence electrons. The van der Waals surface area contributed by atoms with Gasteiger partial charge in [0.15, 0.2) is 0 Å². The zero-order valence-corrected chi connectivity index (χ0v) is 12.8. The number of fused-ring (bicyclic) bond motifs is 1. The van der Waals surface area contributed by atoms with Crippen molar-refractivity contribution in [3.63, 3.8) is 0 Å². The molecule has 0 bridgehead atoms. The number of nitrogens with one attached hydrogen (secondary N) is 1. The standard InChI is InChI=1S/C16H17ClN2S/c17-15-2-1-13-5-9-19-10-6-14(13)16(15)20-11-12-3-7-18-8-4-12/h1-4,7-8,19H,5-6,9-11H2. The van der Waals surface area contributed by atoms with Crippen LogP contribution in [0.4, 0.5) is 0 Å². The van der Waals surface area contributed by atoms with Crippen molar-refractivity contribution in [3.05, 3.63) is 58.4 Å². The van der Waals surface area contributed by atoms with Gasteiger partial charge in [-0.3, -0.25) is 4.98 Å². The van der Waals surface area contributed by atoms with Gasteiger partial charge in [0.05, 0.1) is 5.02 Å². The highest BCUT2D eigenvalue weighted by Crippen LogP contribution is 2.35. The van der Waals surface area contributed by atoms with Gasteiger partial charge in [0, 0.05) is 23.0 Å². The Hall–Kier alpha value is -1.03. The Kier molecular flexibility index (Phi) is 4.61. The number of halogens is 1. The number of hydrogen-bond donors (Lipinski definition) is 1. The molecule has 0 atom stereocenters. The van der Waals surface area contributed by atoms with E-state index >= 15 is 0 Å². The third-order valence-corrected chi connectivity index (χ3v) is 5.22. The molecule has 0 unspecified atom stereocenters. The molecule has 0 amide bonds. The molecule has 2 nitrogen and oxygen atoms in total. The lowest BCUT2D eigenvalue weighted by Gasteiger charge is -2.13. The highest BCUT2D eigenvalue weighted by atomic mass is 35.5. The van der Waals surface area contributed by atoms with Gasteiger partial charge in [-0.15, -0.1) is 11.8 Å². The molecular weight excluding hydrogens is 288 g/mol. The second-order valence-corrected chi connectivity index (χ2v) is 6.30. The van der Waals surface area contributed by atoms with Gasteiger partial charge in [-0.1, -0.05) is 17.7 Å². The third-order valence-electron chi connectivity index (χ3n) is 3.56. The van der Waals surface area contributed by atoms with Crippen LogP contribution in [-0.2, 0) is 18.6 Å². The fourth-order valence-corrected chi connectivity index (χ4v) is 3.96. The maximum Gasteiger partial charge on any atom is 0.0544 e. The van der Waals surface area contributed by atoms with E-state index in [2.05, 4.69) is 28.5 Å². The highest BCUT2D eigenvalue weighted by molar-refractivity contribution is 7.98. The first-order valence-electron chi connectivity index (χ1n) is 6.87. The molecule has 0 saturated heterocycles. The molecule has 4 heteroatoms. The summed E-state index contributed by atoms with van der Waals surface area (Å²) in [5.74, 6) is 0.937. The van der Waals surface area contributed by atoms with Crippen LogP contribution >= 0.6 is 23.4 Å². The van der Waals surface area contributed by atoms with Gasteiger partial charge in [-0.2, -0.15) is 0 Å². The maximum atomic E-state index is 6.43. The summed E-state index contributed by atoms with van der Waals surface area (Å²) in [5.41, 5.74) is 4.16. The van der Waals surface area contributed by atoms with Gasteiger partial charge in [0.25, 0.3) is 0 Å². The van der Waals surface area contributed by atoms with Gasteiger partial charge in [-0.05, 0) is 60.8 Å². The predicted octanol–water partition coefficient (Wildman–Crippen LogP) is 3.72. The Morgan fingerprint density at radius 1 is 1.10 bits per heavy atom. The lowest BCUT2D eigenvalue weighted by molar-refractivity contribution is 0.709. The first-order valence-corrected chi connectivity index (χ1v) is 8.23. The van der Waals surface area contributed by atoms with Crippen LogP contribution in [-0.4, -0.2) is 18.1 Å². The Morgan fingerprint density at radius 3 is 2.75 bits per heavy atom. The summed E-state index contributed by atoms with van der Waals surface area (Å²) in [5, 5.41) is 4.33. The predicted molar refractivity (Wildman–Crippen MR) is 85.5 cm³/mol. The molecule has 3 rings (SSSR count). The highest BCUT2D eigenvalue weighted by Gasteiger charge is 2.15. The molecule has 0 spiro atoms. The molecule has 20 heavy (non-hydrogen) atoms. The van der Waals surface area contributed by atoms with E-state index in [0.717, 1.165) is 36.7 Å². The van der Waals surface area contributed by atoms with Crippen LogP contribution in [0.5, 0.6) is 0 Å². The maximum absolute atomic E-state index is 6.43. The fraction of sp³-hybridized carbons (Fsp3) is 0.312. The van der Waals surface area contributed by atoms with Crippen molar-refractivity contribution in [1.82, 2.24) is 10.3 Å². The smallest absolute Gasteiger partial charge is 0.0544 e. The molecule has 0 saturated carbocycles. The van der Waals surface area contributed by atoms with E-state index in [4.69, 9.17) is 11.6 Å². The minimum absolute atomic E-state index is 0.879. The third kappa shape index (κ3) is 3.17. The molecule has 0 fully saturated rings. The first-order chi connectivity index (χ1) is 9.84. The van der Waals surface area contributed by atoms with Crippen molar-refractivity contribution in [3.8, 4) is 0 Å². The zero-order valence-electron chi connectivity index (χ0n) is 11.2. The fourth-order valence-electron chi connectivity index (χ4n) is 2.50. The molecule has 0 aliphatic carbocycles. The molecule has 1 N–H and O–H groups in total. The van der Waals surface area contributed by atoms with Crippen molar-refractivity contribution < 1.29 is 0 Å². The number of hydrogen-bond acceptors (Lipinski definition) is 3. The Balaban J connectivity index is 1.85. The summed E-state index contributed by atoms with van der Waals surface area (Å²) in [6, 6.07) is 8.34. The van der Waals surface area contributed by atoms with E-state index in [9.17, 15) is 0 Å². The van der Waals surface area contributed by atoms with E-state index in [1.807, 2.05) is 30.2 Å². The van der Waals surface area contributed by atoms with E-state index in [-0.39, 0.29) is 0 Å². The lowest BCUT2D eigenvalue weighted by Crippen LogP contribution is -2.16. The van der Waals surface area contributed by atoms with Crippen LogP contribution in [0.3, 0.4) is 0 Å². The van der Waals surface area contributed by atoms with Crippen molar-refractivity contribution >= 4 is 23.4 Å². The lowest BCUT2D eigenvalue weighted by atomic mass is 10.0. The average Bonchev–Trinajstić information content (AvgIpc) is 2.73. The molecule has 1 aliphatic rings. The molecule has 2 heterocycles. The van der Waals surface area contributed by atoms with Crippen LogP contribution in [0.25, 0.3) is 0 Å². The zero-order chi connectivity index (χ0) is 13.8. The summed E-state index contributed by atoms with van der Waals surface area (Å²) in [4.78, 5) is 5.31. The molecule has 1 aromatic heterocycles. The number of aromatic nitrogens is 1. The molecule has 1 aromatic carbocycles. The topological polar surface area (TPSA) is 24.9 Å².